The van der Waals surface area contributed by atoms with E-state index in [2.05, 4.69) is 188 Å². The van der Waals surface area contributed by atoms with Gasteiger partial charge in [-0.2, -0.15) is 0 Å². The fourth-order valence-electron chi connectivity index (χ4n) is 8.76. The number of benzene rings is 8. The summed E-state index contributed by atoms with van der Waals surface area (Å²) in [6.45, 7) is 4.30. The fourth-order valence-corrected chi connectivity index (χ4v) is 8.76. The fraction of sp³-hybridized carbons (Fsp3) is 0.0377. The molecule has 0 aliphatic rings. The highest BCUT2D eigenvalue weighted by atomic mass is 15.1. The quantitative estimate of drug-likeness (QED) is 0.131. The van der Waals surface area contributed by atoms with Crippen LogP contribution in [0.1, 0.15) is 11.1 Å². The molecule has 268 valence electrons. The largest absolute Gasteiger partial charge is 0.292 e. The molecule has 3 aromatic heterocycles. The monoisotopic (exact) mass is 728 g/mol. The van der Waals surface area contributed by atoms with Crippen molar-refractivity contribution in [1.82, 2.24) is 19.5 Å². The molecule has 0 saturated carbocycles. The summed E-state index contributed by atoms with van der Waals surface area (Å²) in [5.41, 5.74) is 15.4. The van der Waals surface area contributed by atoms with Crippen molar-refractivity contribution in [3.05, 3.63) is 193 Å². The first-order valence-corrected chi connectivity index (χ1v) is 19.4. The minimum atomic E-state index is 0.933. The maximum Gasteiger partial charge on any atom is 0.145 e. The van der Waals surface area contributed by atoms with Gasteiger partial charge in [0.2, 0.25) is 0 Å². The van der Waals surface area contributed by atoms with Crippen LogP contribution in [0.3, 0.4) is 0 Å². The van der Waals surface area contributed by atoms with Crippen LogP contribution in [0.4, 0.5) is 0 Å². The molecule has 0 amide bonds. The van der Waals surface area contributed by atoms with Crippen molar-refractivity contribution >= 4 is 54.4 Å². The summed E-state index contributed by atoms with van der Waals surface area (Å²) in [6, 6.07) is 63.0. The second-order valence-electron chi connectivity index (χ2n) is 14.9. The van der Waals surface area contributed by atoms with E-state index in [1.807, 2.05) is 12.3 Å². The van der Waals surface area contributed by atoms with Gasteiger partial charge < -0.3 is 0 Å². The molecule has 57 heavy (non-hydrogen) atoms. The Morgan fingerprint density at radius 3 is 1.60 bits per heavy atom. The number of para-hydroxylation sites is 2. The summed E-state index contributed by atoms with van der Waals surface area (Å²) >= 11 is 0. The van der Waals surface area contributed by atoms with Gasteiger partial charge in [-0.15, -0.1) is 0 Å². The molecular formula is C53H36N4. The Bertz CT molecular complexity index is 3290. The van der Waals surface area contributed by atoms with Crippen molar-refractivity contribution in [2.24, 2.45) is 0 Å². The number of imidazole rings is 1. The molecular weight excluding hydrogens is 693 g/mol. The Morgan fingerprint density at radius 1 is 0.404 bits per heavy atom. The van der Waals surface area contributed by atoms with Crippen molar-refractivity contribution in [3.8, 4) is 50.6 Å². The van der Waals surface area contributed by atoms with Gasteiger partial charge in [0.15, 0.2) is 0 Å². The average molecular weight is 729 g/mol. The zero-order valence-electron chi connectivity index (χ0n) is 31.6. The molecule has 0 atom stereocenters. The molecule has 0 radical (unpaired) electrons. The lowest BCUT2D eigenvalue weighted by Crippen LogP contribution is -1.98. The number of nitrogens with zero attached hydrogens (tertiary/aromatic N) is 4. The Labute approximate surface area is 330 Å². The smallest absolute Gasteiger partial charge is 0.145 e. The van der Waals surface area contributed by atoms with E-state index in [0.717, 1.165) is 61.2 Å². The van der Waals surface area contributed by atoms with Gasteiger partial charge >= 0.3 is 0 Å². The van der Waals surface area contributed by atoms with E-state index >= 15 is 0 Å². The van der Waals surface area contributed by atoms with Crippen LogP contribution in [0.5, 0.6) is 0 Å². The van der Waals surface area contributed by atoms with Gasteiger partial charge in [0.25, 0.3) is 0 Å². The third kappa shape index (κ3) is 5.33. The zero-order valence-corrected chi connectivity index (χ0v) is 31.6. The number of pyridine rings is 2. The van der Waals surface area contributed by atoms with Crippen LogP contribution in [-0.2, 0) is 0 Å². The Morgan fingerprint density at radius 2 is 0.947 bits per heavy atom. The molecule has 0 aliphatic heterocycles. The van der Waals surface area contributed by atoms with E-state index in [0.29, 0.717) is 0 Å². The highest BCUT2D eigenvalue weighted by Gasteiger charge is 2.19. The molecule has 11 rings (SSSR count). The van der Waals surface area contributed by atoms with E-state index in [4.69, 9.17) is 15.0 Å². The lowest BCUT2D eigenvalue weighted by molar-refractivity contribution is 1.10. The Hall–Kier alpha value is -7.43. The molecule has 4 heteroatoms. The number of hydrogen-bond donors (Lipinski definition) is 0. The second-order valence-corrected chi connectivity index (χ2v) is 14.9. The summed E-state index contributed by atoms with van der Waals surface area (Å²) < 4.78 is 2.27. The van der Waals surface area contributed by atoms with Gasteiger partial charge in [-0.3, -0.25) is 9.55 Å². The summed E-state index contributed by atoms with van der Waals surface area (Å²) in [5.74, 6) is 0.933. The third-order valence-corrected chi connectivity index (χ3v) is 11.5. The highest BCUT2D eigenvalue weighted by molar-refractivity contribution is 6.21. The Balaban J connectivity index is 1.03. The normalized spacial score (nSPS) is 11.7. The summed E-state index contributed by atoms with van der Waals surface area (Å²) in [5, 5.41) is 7.18. The molecule has 0 saturated heterocycles. The highest BCUT2D eigenvalue weighted by Crippen LogP contribution is 2.44. The van der Waals surface area contributed by atoms with Gasteiger partial charge in [0, 0.05) is 33.8 Å². The first kappa shape index (κ1) is 33.0. The SMILES string of the molecule is Cc1ccnc2c1ccc1c(C)cc(-c3ccc(-c4c5ccccc5c(-c5ccc(-n6c(-c7ccccc7)nc7ccccc76)cc5)c5ccccc45)cc3)nc12. The van der Waals surface area contributed by atoms with Crippen LogP contribution in [0.25, 0.3) is 105 Å². The maximum absolute atomic E-state index is 5.21. The van der Waals surface area contributed by atoms with Crippen LogP contribution >= 0.6 is 0 Å². The number of aryl methyl sites for hydroxylation is 2. The Kier molecular flexibility index (Phi) is 7.58. The standard InChI is InChI=1S/C53H36N4/c1-33-30-31-54-51-40(33)28-29-41-34(2)32-47(55-52(41)51)35-20-22-36(23-21-35)49-42-14-6-8-16-44(42)50(45-17-9-7-15-43(45)49)37-24-26-39(27-25-37)57-48-19-11-10-18-46(48)56-53(57)38-12-4-3-5-13-38/h3-32H,1-2H3. The number of rotatable bonds is 5. The van der Waals surface area contributed by atoms with Crippen molar-refractivity contribution < 1.29 is 0 Å². The zero-order chi connectivity index (χ0) is 38.0. The van der Waals surface area contributed by atoms with Crippen LogP contribution in [0.2, 0.25) is 0 Å². The van der Waals surface area contributed by atoms with Gasteiger partial charge in [-0.1, -0.05) is 140 Å². The van der Waals surface area contributed by atoms with Crippen molar-refractivity contribution in [2.75, 3.05) is 0 Å². The molecule has 0 aliphatic carbocycles. The summed E-state index contributed by atoms with van der Waals surface area (Å²) in [4.78, 5) is 15.0. The van der Waals surface area contributed by atoms with E-state index in [1.165, 1.54) is 54.9 Å². The van der Waals surface area contributed by atoms with E-state index in [-0.39, 0.29) is 0 Å². The first-order chi connectivity index (χ1) is 28.1. The molecule has 4 nitrogen and oxygen atoms in total. The van der Waals surface area contributed by atoms with Crippen molar-refractivity contribution in [2.45, 2.75) is 13.8 Å². The predicted octanol–water partition coefficient (Wildman–Crippen LogP) is 13.7. The predicted molar refractivity (Wildman–Crippen MR) is 238 cm³/mol. The molecule has 3 heterocycles. The second kappa shape index (κ2) is 13.1. The minimum Gasteiger partial charge on any atom is -0.292 e. The van der Waals surface area contributed by atoms with Gasteiger partial charge in [-0.05, 0) is 105 Å². The van der Waals surface area contributed by atoms with Crippen LogP contribution in [-0.4, -0.2) is 19.5 Å². The lowest BCUT2D eigenvalue weighted by Gasteiger charge is -2.18. The van der Waals surface area contributed by atoms with E-state index < -0.39 is 0 Å². The minimum absolute atomic E-state index is 0.933. The van der Waals surface area contributed by atoms with Crippen LogP contribution in [0.15, 0.2) is 182 Å². The lowest BCUT2D eigenvalue weighted by atomic mass is 9.86. The van der Waals surface area contributed by atoms with Crippen LogP contribution < -0.4 is 0 Å². The molecule has 8 aromatic carbocycles. The molecule has 11 aromatic rings. The van der Waals surface area contributed by atoms with Gasteiger partial charge in [-0.25, -0.2) is 9.97 Å². The van der Waals surface area contributed by atoms with Crippen molar-refractivity contribution in [3.63, 3.8) is 0 Å². The van der Waals surface area contributed by atoms with Gasteiger partial charge in [0.05, 0.1) is 27.8 Å². The van der Waals surface area contributed by atoms with Crippen molar-refractivity contribution in [1.29, 1.82) is 0 Å². The summed E-state index contributed by atoms with van der Waals surface area (Å²) in [7, 11) is 0. The topological polar surface area (TPSA) is 43.6 Å². The molecule has 0 N–H and O–H groups in total. The number of aromatic nitrogens is 4. The maximum atomic E-state index is 5.21. The van der Waals surface area contributed by atoms with Gasteiger partial charge in [0.1, 0.15) is 5.82 Å². The third-order valence-electron chi connectivity index (χ3n) is 11.5. The number of fused-ring (bicyclic) bond motifs is 6. The van der Waals surface area contributed by atoms with E-state index in [1.54, 1.807) is 0 Å². The summed E-state index contributed by atoms with van der Waals surface area (Å²) in [6.07, 6.45) is 1.88. The molecule has 0 spiro atoms. The number of hydrogen-bond acceptors (Lipinski definition) is 3. The molecule has 0 bridgehead atoms. The first-order valence-electron chi connectivity index (χ1n) is 19.4. The molecule has 0 fully saturated rings. The van der Waals surface area contributed by atoms with E-state index in [9.17, 15) is 0 Å². The molecule has 0 unspecified atom stereocenters. The van der Waals surface area contributed by atoms with Crippen LogP contribution in [0, 0.1) is 13.8 Å². The average Bonchev–Trinajstić information content (AvgIpc) is 3.66.